The number of amides is 1. The number of hydrogen-bond donors (Lipinski definition) is 1. The summed E-state index contributed by atoms with van der Waals surface area (Å²) in [6.45, 7) is 5.79. The minimum atomic E-state index is -0.158. The number of rotatable bonds is 6. The molecule has 2 aromatic heterocycles. The van der Waals surface area contributed by atoms with Crippen LogP contribution in [0.4, 0.5) is 5.69 Å². The van der Waals surface area contributed by atoms with Crippen molar-refractivity contribution in [1.82, 2.24) is 19.7 Å². The van der Waals surface area contributed by atoms with Crippen LogP contribution in [0, 0.1) is 6.92 Å². The van der Waals surface area contributed by atoms with Gasteiger partial charge in [-0.3, -0.25) is 14.7 Å². The summed E-state index contributed by atoms with van der Waals surface area (Å²) >= 11 is 0. The van der Waals surface area contributed by atoms with Crippen LogP contribution in [0.5, 0.6) is 0 Å². The molecule has 3 fully saturated rings. The second-order valence-electron chi connectivity index (χ2n) is 10.5. The Bertz CT molecular complexity index is 1190. The molecule has 36 heavy (non-hydrogen) atoms. The maximum atomic E-state index is 13.0. The molecule has 0 radical (unpaired) electrons. The zero-order chi connectivity index (χ0) is 24.5. The van der Waals surface area contributed by atoms with E-state index in [0.717, 1.165) is 49.3 Å². The van der Waals surface area contributed by atoms with Crippen LogP contribution in [0.2, 0.25) is 0 Å². The van der Waals surface area contributed by atoms with E-state index in [-0.39, 0.29) is 5.91 Å². The predicted molar refractivity (Wildman–Crippen MR) is 140 cm³/mol. The molecule has 0 atom stereocenters. The van der Waals surface area contributed by atoms with Crippen LogP contribution >= 0.6 is 0 Å². The normalized spacial score (nSPS) is 22.9. The first kappa shape index (κ1) is 23.4. The van der Waals surface area contributed by atoms with Crippen LogP contribution in [0.3, 0.4) is 0 Å². The summed E-state index contributed by atoms with van der Waals surface area (Å²) in [5.74, 6) is 1.07. The summed E-state index contributed by atoms with van der Waals surface area (Å²) in [5.41, 5.74) is 5.62. The largest absolute Gasteiger partial charge is 0.379 e. The number of nitrogens with zero attached hydrogens (tertiary/aromatic N) is 4. The molecule has 7 heteroatoms. The van der Waals surface area contributed by atoms with Crippen molar-refractivity contribution in [1.29, 1.82) is 0 Å². The van der Waals surface area contributed by atoms with Gasteiger partial charge >= 0.3 is 0 Å². The average Bonchev–Trinajstić information content (AvgIpc) is 3.71. The van der Waals surface area contributed by atoms with Crippen molar-refractivity contribution >= 4 is 11.6 Å². The highest BCUT2D eigenvalue weighted by Gasteiger charge is 2.28. The van der Waals surface area contributed by atoms with E-state index < -0.39 is 0 Å². The van der Waals surface area contributed by atoms with E-state index >= 15 is 0 Å². The molecule has 0 spiro atoms. The first-order chi connectivity index (χ1) is 17.7. The number of carbonyl (C=O) groups is 1. The minimum absolute atomic E-state index is 0.158. The molecule has 188 valence electrons. The van der Waals surface area contributed by atoms with Gasteiger partial charge in [-0.2, -0.15) is 5.10 Å². The maximum absolute atomic E-state index is 13.0. The van der Waals surface area contributed by atoms with E-state index in [1.165, 1.54) is 44.1 Å². The lowest BCUT2D eigenvalue weighted by atomic mass is 9.83. The van der Waals surface area contributed by atoms with Gasteiger partial charge < -0.3 is 10.1 Å². The lowest BCUT2D eigenvalue weighted by molar-refractivity contribution is 0.00721. The lowest BCUT2D eigenvalue weighted by Crippen LogP contribution is -2.44. The molecule has 1 amide bonds. The molecule has 1 aliphatic heterocycles. The zero-order valence-electron chi connectivity index (χ0n) is 21.0. The number of aromatic nitrogens is 3. The highest BCUT2D eigenvalue weighted by atomic mass is 16.5. The van der Waals surface area contributed by atoms with Gasteiger partial charge in [0.2, 0.25) is 0 Å². The molecule has 3 heterocycles. The fourth-order valence-electron chi connectivity index (χ4n) is 5.80. The summed E-state index contributed by atoms with van der Waals surface area (Å²) in [6.07, 6.45) is 10.8. The van der Waals surface area contributed by atoms with Gasteiger partial charge in [0.05, 0.1) is 48.2 Å². The van der Waals surface area contributed by atoms with E-state index in [9.17, 15) is 4.79 Å². The molecule has 3 aliphatic rings. The number of pyridine rings is 1. The van der Waals surface area contributed by atoms with Crippen molar-refractivity contribution in [2.45, 2.75) is 63.3 Å². The number of anilines is 1. The molecule has 6 rings (SSSR count). The summed E-state index contributed by atoms with van der Waals surface area (Å²) in [4.78, 5) is 20.3. The highest BCUT2D eigenvalue weighted by molar-refractivity contribution is 6.04. The van der Waals surface area contributed by atoms with Crippen molar-refractivity contribution < 1.29 is 9.53 Å². The van der Waals surface area contributed by atoms with Gasteiger partial charge in [0.25, 0.3) is 5.91 Å². The Morgan fingerprint density at radius 3 is 2.31 bits per heavy atom. The Morgan fingerprint density at radius 2 is 1.64 bits per heavy atom. The monoisotopic (exact) mass is 485 g/mol. The third-order valence-electron chi connectivity index (χ3n) is 8.16. The lowest BCUT2D eigenvalue weighted by Gasteiger charge is -2.38. The third kappa shape index (κ3) is 4.95. The van der Waals surface area contributed by atoms with Gasteiger partial charge in [-0.1, -0.05) is 12.1 Å². The average molecular weight is 486 g/mol. The molecule has 1 saturated heterocycles. The fraction of sp³-hybridized carbons (Fsp3) is 0.483. The molecule has 2 saturated carbocycles. The number of benzene rings is 1. The minimum Gasteiger partial charge on any atom is -0.379 e. The Hall–Kier alpha value is -3.03. The number of morpholine rings is 1. The molecule has 1 N–H and O–H groups in total. The number of nitrogens with one attached hydrogen (secondary N) is 1. The van der Waals surface area contributed by atoms with Crippen molar-refractivity contribution in [3.8, 4) is 5.69 Å². The quantitative estimate of drug-likeness (QED) is 0.528. The summed E-state index contributed by atoms with van der Waals surface area (Å²) in [5, 5.41) is 7.49. The van der Waals surface area contributed by atoms with Crippen molar-refractivity contribution in [3.63, 3.8) is 0 Å². The van der Waals surface area contributed by atoms with E-state index in [0.29, 0.717) is 23.2 Å². The predicted octanol–water partition coefficient (Wildman–Crippen LogP) is 5.06. The number of hydrogen-bond acceptors (Lipinski definition) is 5. The Morgan fingerprint density at radius 1 is 0.917 bits per heavy atom. The molecular formula is C29H35N5O2. The van der Waals surface area contributed by atoms with E-state index in [1.807, 2.05) is 17.7 Å². The van der Waals surface area contributed by atoms with Crippen LogP contribution in [0.25, 0.3) is 5.69 Å². The van der Waals surface area contributed by atoms with Gasteiger partial charge in [0, 0.05) is 30.7 Å². The number of ether oxygens (including phenoxy) is 1. The second kappa shape index (κ2) is 10.1. The fourth-order valence-corrected chi connectivity index (χ4v) is 5.80. The Labute approximate surface area is 212 Å². The molecule has 1 aromatic carbocycles. The molecular weight excluding hydrogens is 450 g/mol. The van der Waals surface area contributed by atoms with Crippen LogP contribution in [-0.2, 0) is 4.74 Å². The van der Waals surface area contributed by atoms with E-state index in [1.54, 1.807) is 12.4 Å². The summed E-state index contributed by atoms with van der Waals surface area (Å²) in [7, 11) is 0. The van der Waals surface area contributed by atoms with Crippen LogP contribution in [0.1, 0.15) is 77.7 Å². The first-order valence-electron chi connectivity index (χ1n) is 13.4. The van der Waals surface area contributed by atoms with E-state index in [2.05, 4.69) is 45.6 Å². The summed E-state index contributed by atoms with van der Waals surface area (Å²) in [6, 6.07) is 13.3. The first-order valence-corrected chi connectivity index (χ1v) is 13.4. The third-order valence-corrected chi connectivity index (χ3v) is 8.16. The van der Waals surface area contributed by atoms with Gasteiger partial charge in [0.15, 0.2) is 0 Å². The molecule has 3 aromatic rings. The molecule has 2 aliphatic carbocycles. The van der Waals surface area contributed by atoms with Gasteiger partial charge in [-0.25, -0.2) is 4.68 Å². The SMILES string of the molecule is Cc1c(C(=O)Nc2ccc(C3CCC(N4CCOCC4)CC3)nc2)cnn1-c1ccc(C2CC2)cc1. The topological polar surface area (TPSA) is 72.3 Å². The van der Waals surface area contributed by atoms with Crippen LogP contribution in [-0.4, -0.2) is 57.9 Å². The second-order valence-corrected chi connectivity index (χ2v) is 10.5. The zero-order valence-corrected chi connectivity index (χ0v) is 21.0. The molecule has 0 bridgehead atoms. The summed E-state index contributed by atoms with van der Waals surface area (Å²) < 4.78 is 7.34. The van der Waals surface area contributed by atoms with Gasteiger partial charge in [-0.05, 0) is 81.2 Å². The Balaban J connectivity index is 1.06. The maximum Gasteiger partial charge on any atom is 0.259 e. The van der Waals surface area contributed by atoms with Crippen LogP contribution in [0.15, 0.2) is 48.8 Å². The van der Waals surface area contributed by atoms with Crippen LogP contribution < -0.4 is 5.32 Å². The van der Waals surface area contributed by atoms with Gasteiger partial charge in [0.1, 0.15) is 0 Å². The molecule has 0 unspecified atom stereocenters. The smallest absolute Gasteiger partial charge is 0.259 e. The number of carbonyl (C=O) groups excluding carboxylic acids is 1. The molecule has 7 nitrogen and oxygen atoms in total. The van der Waals surface area contributed by atoms with Crippen molar-refractivity contribution in [2.24, 2.45) is 0 Å². The Kier molecular flexibility index (Phi) is 6.59. The van der Waals surface area contributed by atoms with E-state index in [4.69, 9.17) is 9.72 Å². The standard InChI is InChI=1S/C29H35N5O2/c1-20-27(19-31-34(20)26-11-4-22(5-12-26)21-2-3-21)29(35)32-24-8-13-28(30-18-24)23-6-9-25(10-7-23)33-14-16-36-17-15-33/h4-5,8,11-13,18-19,21,23,25H,2-3,6-7,9-10,14-17H2,1H3,(H,32,35). The van der Waals surface area contributed by atoms with Crippen molar-refractivity contribution in [3.05, 3.63) is 71.3 Å². The van der Waals surface area contributed by atoms with Crippen molar-refractivity contribution in [2.75, 3.05) is 31.6 Å². The highest BCUT2D eigenvalue weighted by Crippen LogP contribution is 2.40. The van der Waals surface area contributed by atoms with Gasteiger partial charge in [-0.15, -0.1) is 0 Å².